The average Bonchev–Trinajstić information content (AvgIpc) is 3.06. The number of carbonyl (C=O) groups is 3. The number of nitrogens with one attached hydrogen (secondary N) is 1. The van der Waals surface area contributed by atoms with Crippen LogP contribution in [0.15, 0.2) is 15.9 Å². The zero-order valence-corrected chi connectivity index (χ0v) is 15.9. The zero-order valence-electron chi connectivity index (χ0n) is 14.3. The van der Waals surface area contributed by atoms with Crippen LogP contribution in [0.1, 0.15) is 26.2 Å². The van der Waals surface area contributed by atoms with Crippen molar-refractivity contribution >= 4 is 39.0 Å². The van der Waals surface area contributed by atoms with Crippen LogP contribution in [-0.4, -0.2) is 54.4 Å². The summed E-state index contributed by atoms with van der Waals surface area (Å²) in [6, 6.07) is -0.765. The van der Waals surface area contributed by atoms with Gasteiger partial charge in [-0.15, -0.1) is 11.3 Å². The molecule has 26 heavy (non-hydrogen) atoms. The Hall–Kier alpha value is -1.85. The smallest absolute Gasteiger partial charge is 0.270 e. The van der Waals surface area contributed by atoms with E-state index in [0.29, 0.717) is 12.8 Å². The van der Waals surface area contributed by atoms with Gasteiger partial charge in [-0.25, -0.2) is 13.4 Å². The number of primary amides is 1. The molecule has 0 aromatic carbocycles. The predicted octanol–water partition coefficient (Wildman–Crippen LogP) is -0.303. The maximum absolute atomic E-state index is 12.5. The van der Waals surface area contributed by atoms with E-state index in [1.807, 2.05) is 0 Å². The van der Waals surface area contributed by atoms with E-state index in [1.54, 1.807) is 12.3 Å². The van der Waals surface area contributed by atoms with Crippen LogP contribution < -0.4 is 11.1 Å². The molecule has 9 nitrogen and oxygen atoms in total. The monoisotopic (exact) mass is 401 g/mol. The Morgan fingerprint density at radius 3 is 2.88 bits per heavy atom. The number of sulfonamides is 1. The first-order valence-electron chi connectivity index (χ1n) is 8.07. The molecule has 0 spiro atoms. The Morgan fingerprint density at radius 1 is 1.54 bits per heavy atom. The van der Waals surface area contributed by atoms with Gasteiger partial charge in [0.25, 0.3) is 10.0 Å². The molecule has 2 amide bonds. The van der Waals surface area contributed by atoms with Crippen LogP contribution in [0.4, 0.5) is 0 Å². The number of nitrogens with zero attached hydrogens (tertiary/aromatic N) is 2. The van der Waals surface area contributed by atoms with Crippen molar-refractivity contribution in [3.63, 3.8) is 0 Å². The van der Waals surface area contributed by atoms with Gasteiger partial charge in [-0.1, -0.05) is 6.92 Å². The molecule has 1 unspecified atom stereocenters. The molecule has 1 saturated heterocycles. The van der Waals surface area contributed by atoms with E-state index in [2.05, 4.69) is 10.3 Å². The van der Waals surface area contributed by atoms with Gasteiger partial charge in [0.1, 0.15) is 0 Å². The number of thiazole rings is 1. The van der Waals surface area contributed by atoms with Crippen molar-refractivity contribution in [3.05, 3.63) is 18.0 Å². The summed E-state index contributed by atoms with van der Waals surface area (Å²) in [4.78, 5) is 39.1. The Kier molecular flexibility index (Phi) is 6.84. The lowest BCUT2D eigenvalue weighted by molar-refractivity contribution is -0.126. The van der Waals surface area contributed by atoms with Gasteiger partial charge in [-0.05, 0) is 19.3 Å². The Labute approximate surface area is 156 Å². The highest BCUT2D eigenvalue weighted by Crippen LogP contribution is 2.21. The lowest BCUT2D eigenvalue weighted by atomic mass is 10.0. The number of amides is 2. The first-order valence-corrected chi connectivity index (χ1v) is 10.4. The van der Waals surface area contributed by atoms with Gasteiger partial charge in [0.2, 0.25) is 16.2 Å². The molecule has 1 fully saturated rings. The molecule has 0 aliphatic carbocycles. The van der Waals surface area contributed by atoms with Gasteiger partial charge in [0.05, 0.1) is 19.0 Å². The zero-order chi connectivity index (χ0) is 19.3. The van der Waals surface area contributed by atoms with Crippen LogP contribution in [0, 0.1) is 12.3 Å². The SMILES string of the molecule is CC(C[CH]C(=O)N[C@H]1CCCN(S(=O)(=O)c2nccs2)CC1=O)C(N)=O. The van der Waals surface area contributed by atoms with Crippen molar-refractivity contribution < 1.29 is 22.8 Å². The number of hydrogen-bond donors (Lipinski definition) is 2. The van der Waals surface area contributed by atoms with E-state index in [-0.39, 0.29) is 29.6 Å². The maximum atomic E-state index is 12.5. The van der Waals surface area contributed by atoms with Gasteiger partial charge in [0.15, 0.2) is 5.78 Å². The molecule has 1 aromatic rings. The third-order valence-electron chi connectivity index (χ3n) is 4.05. The van der Waals surface area contributed by atoms with Gasteiger partial charge in [-0.3, -0.25) is 14.4 Å². The van der Waals surface area contributed by atoms with Gasteiger partial charge in [0, 0.05) is 24.0 Å². The van der Waals surface area contributed by atoms with Crippen LogP contribution in [0.2, 0.25) is 0 Å². The number of hydrogen-bond acceptors (Lipinski definition) is 7. The number of Topliss-reactive ketones (excluding diaryl/α,β-unsaturated/α-hetero) is 1. The van der Waals surface area contributed by atoms with E-state index in [4.69, 9.17) is 5.73 Å². The maximum Gasteiger partial charge on any atom is 0.270 e. The van der Waals surface area contributed by atoms with Crippen LogP contribution >= 0.6 is 11.3 Å². The average molecular weight is 401 g/mol. The van der Waals surface area contributed by atoms with Crippen molar-refractivity contribution in [3.8, 4) is 0 Å². The third-order valence-corrected chi connectivity index (χ3v) is 7.07. The summed E-state index contributed by atoms with van der Waals surface area (Å²) in [5.41, 5.74) is 5.13. The second kappa shape index (κ2) is 8.69. The van der Waals surface area contributed by atoms with E-state index in [0.717, 1.165) is 15.6 Å². The minimum atomic E-state index is -3.81. The number of nitrogens with two attached hydrogens (primary N) is 1. The van der Waals surface area contributed by atoms with Crippen molar-refractivity contribution in [2.45, 2.75) is 36.6 Å². The van der Waals surface area contributed by atoms with Crippen LogP contribution in [0.3, 0.4) is 0 Å². The predicted molar refractivity (Wildman–Crippen MR) is 94.3 cm³/mol. The van der Waals surface area contributed by atoms with E-state index >= 15 is 0 Å². The van der Waals surface area contributed by atoms with Crippen molar-refractivity contribution in [1.29, 1.82) is 0 Å². The van der Waals surface area contributed by atoms with Crippen molar-refractivity contribution in [1.82, 2.24) is 14.6 Å². The van der Waals surface area contributed by atoms with Gasteiger partial charge in [-0.2, -0.15) is 4.31 Å². The van der Waals surface area contributed by atoms with E-state index in [1.165, 1.54) is 12.6 Å². The van der Waals surface area contributed by atoms with Crippen LogP contribution in [0.25, 0.3) is 0 Å². The molecule has 2 atom stereocenters. The third kappa shape index (κ3) is 5.08. The molecule has 0 bridgehead atoms. The molecule has 1 radical (unpaired) electrons. The largest absolute Gasteiger partial charge is 0.369 e. The molecular weight excluding hydrogens is 380 g/mol. The molecule has 143 valence electrons. The molecule has 11 heteroatoms. The Balaban J connectivity index is 1.95. The molecule has 2 rings (SSSR count). The summed E-state index contributed by atoms with van der Waals surface area (Å²) in [5.74, 6) is -1.85. The molecular formula is C15H21N4O5S2. The summed E-state index contributed by atoms with van der Waals surface area (Å²) in [5, 5.41) is 4.13. The number of rotatable bonds is 7. The fraction of sp³-hybridized carbons (Fsp3) is 0.533. The second-order valence-corrected chi connectivity index (χ2v) is 9.06. The molecule has 3 N–H and O–H groups in total. The van der Waals surface area contributed by atoms with Crippen LogP contribution in [0.5, 0.6) is 0 Å². The van der Waals surface area contributed by atoms with Crippen molar-refractivity contribution in [2.75, 3.05) is 13.1 Å². The second-order valence-electron chi connectivity index (χ2n) is 6.05. The number of ketones is 1. The molecule has 2 heterocycles. The lowest BCUT2D eigenvalue weighted by Crippen LogP contribution is -2.44. The highest BCUT2D eigenvalue weighted by atomic mass is 32.2. The topological polar surface area (TPSA) is 140 Å². The standard InChI is InChI=1S/C15H21N4O5S2/c1-10(14(16)22)4-5-13(21)18-11-3-2-7-19(9-12(11)20)26(23,24)15-17-6-8-25-15/h5-6,8,10-11H,2-4,7,9H2,1H3,(H2,16,22)(H,18,21)/t10?,11-/m0/s1. The van der Waals surface area contributed by atoms with E-state index in [9.17, 15) is 22.8 Å². The molecule has 1 aliphatic rings. The minimum Gasteiger partial charge on any atom is -0.369 e. The fourth-order valence-corrected chi connectivity index (χ4v) is 4.84. The summed E-state index contributed by atoms with van der Waals surface area (Å²) in [6.07, 6.45) is 3.61. The highest BCUT2D eigenvalue weighted by molar-refractivity contribution is 7.91. The Morgan fingerprint density at radius 2 is 2.27 bits per heavy atom. The van der Waals surface area contributed by atoms with Gasteiger partial charge >= 0.3 is 0 Å². The highest BCUT2D eigenvalue weighted by Gasteiger charge is 2.34. The fourth-order valence-electron chi connectivity index (χ4n) is 2.43. The van der Waals surface area contributed by atoms with E-state index < -0.39 is 33.8 Å². The summed E-state index contributed by atoms with van der Waals surface area (Å²) in [7, 11) is -3.81. The van der Waals surface area contributed by atoms with Crippen LogP contribution in [-0.2, 0) is 24.4 Å². The summed E-state index contributed by atoms with van der Waals surface area (Å²) in [6.45, 7) is 1.47. The quantitative estimate of drug-likeness (QED) is 0.643. The molecule has 0 saturated carbocycles. The first kappa shape index (κ1) is 20.5. The summed E-state index contributed by atoms with van der Waals surface area (Å²) >= 11 is 0.990. The lowest BCUT2D eigenvalue weighted by Gasteiger charge is -2.18. The Bertz CT molecular complexity index is 763. The van der Waals surface area contributed by atoms with Gasteiger partial charge < -0.3 is 11.1 Å². The minimum absolute atomic E-state index is 0.0541. The summed E-state index contributed by atoms with van der Waals surface area (Å²) < 4.78 is 26.0. The van der Waals surface area contributed by atoms with Crippen molar-refractivity contribution in [2.24, 2.45) is 11.7 Å². The first-order chi connectivity index (χ1) is 12.2. The molecule has 1 aliphatic heterocycles. The molecule has 1 aromatic heterocycles. The normalized spacial score (nSPS) is 20.3. The number of aromatic nitrogens is 1. The number of carbonyl (C=O) groups excluding carboxylic acids is 3.